The Hall–Kier alpha value is -3.64. The zero-order valence-corrected chi connectivity index (χ0v) is 16.8. The summed E-state index contributed by atoms with van der Waals surface area (Å²) in [5.74, 6) is -0.393. The molecule has 5 rings (SSSR count). The third kappa shape index (κ3) is 3.02. The molecule has 1 aliphatic heterocycles. The van der Waals surface area contributed by atoms with E-state index in [0.717, 1.165) is 16.5 Å². The molecule has 1 N–H and O–H groups in total. The first-order valence-corrected chi connectivity index (χ1v) is 11.0. The fraction of sp³-hybridized carbons (Fsp3) is 0.0417. The number of nitrogens with zero attached hydrogens (tertiary/aromatic N) is 1. The largest absolute Gasteiger partial charge is 0.325 e. The monoisotopic (exact) mass is 414 g/mol. The zero-order valence-electron chi connectivity index (χ0n) is 15.9. The maximum absolute atomic E-state index is 13.0. The molecule has 1 heterocycles. The van der Waals surface area contributed by atoms with Crippen LogP contribution in [0.15, 0.2) is 95.9 Å². The van der Waals surface area contributed by atoms with E-state index in [1.807, 2.05) is 66.7 Å². The quantitative estimate of drug-likeness (QED) is 0.528. The molecule has 0 saturated heterocycles. The fourth-order valence-corrected chi connectivity index (χ4v) is 5.50. The lowest BCUT2D eigenvalue weighted by molar-refractivity contribution is -0.114. The van der Waals surface area contributed by atoms with E-state index in [9.17, 15) is 13.2 Å². The first kappa shape index (κ1) is 18.4. The van der Waals surface area contributed by atoms with Crippen LogP contribution in [0, 0.1) is 0 Å². The van der Waals surface area contributed by atoms with E-state index in [0.29, 0.717) is 16.8 Å². The number of anilines is 2. The molecule has 0 bridgehead atoms. The lowest BCUT2D eigenvalue weighted by atomic mass is 10.1. The van der Waals surface area contributed by atoms with Gasteiger partial charge < -0.3 is 5.32 Å². The molecule has 0 atom stereocenters. The zero-order chi connectivity index (χ0) is 20.7. The second-order valence-electron chi connectivity index (χ2n) is 7.13. The molecule has 0 fully saturated rings. The maximum Gasteiger partial charge on any atom is 0.265 e. The van der Waals surface area contributed by atoms with Crippen LogP contribution in [0.5, 0.6) is 0 Å². The highest BCUT2D eigenvalue weighted by molar-refractivity contribution is 7.93. The Bertz CT molecular complexity index is 1360. The van der Waals surface area contributed by atoms with Gasteiger partial charge in [0.25, 0.3) is 10.0 Å². The van der Waals surface area contributed by atoms with Crippen molar-refractivity contribution in [1.29, 1.82) is 0 Å². The second kappa shape index (κ2) is 7.00. The average molecular weight is 414 g/mol. The number of benzene rings is 4. The number of hydrogen-bond donors (Lipinski definition) is 1. The molecular weight excluding hydrogens is 396 g/mol. The van der Waals surface area contributed by atoms with Crippen molar-refractivity contribution in [3.8, 4) is 11.1 Å². The molecule has 0 radical (unpaired) electrons. The molecule has 0 aromatic heterocycles. The van der Waals surface area contributed by atoms with Crippen LogP contribution in [0.25, 0.3) is 21.9 Å². The van der Waals surface area contributed by atoms with Gasteiger partial charge in [-0.15, -0.1) is 0 Å². The Morgan fingerprint density at radius 2 is 1.43 bits per heavy atom. The van der Waals surface area contributed by atoms with Gasteiger partial charge in [0.1, 0.15) is 6.54 Å². The first-order chi connectivity index (χ1) is 14.5. The summed E-state index contributed by atoms with van der Waals surface area (Å²) < 4.78 is 27.2. The Morgan fingerprint density at radius 3 is 2.17 bits per heavy atom. The minimum absolute atomic E-state index is 0.246. The topological polar surface area (TPSA) is 66.5 Å². The highest BCUT2D eigenvalue weighted by atomic mass is 32.2. The molecule has 5 nitrogen and oxygen atoms in total. The van der Waals surface area contributed by atoms with Crippen molar-refractivity contribution in [2.75, 3.05) is 16.2 Å². The summed E-state index contributed by atoms with van der Waals surface area (Å²) in [6.07, 6.45) is 0. The van der Waals surface area contributed by atoms with Crippen LogP contribution in [0.3, 0.4) is 0 Å². The van der Waals surface area contributed by atoms with Crippen molar-refractivity contribution in [1.82, 2.24) is 0 Å². The predicted molar refractivity (Wildman–Crippen MR) is 119 cm³/mol. The number of carbonyl (C=O) groups excluding carboxylic acids is 1. The van der Waals surface area contributed by atoms with Gasteiger partial charge in [-0.1, -0.05) is 66.7 Å². The Kier molecular flexibility index (Phi) is 4.29. The van der Waals surface area contributed by atoms with Gasteiger partial charge in [0.15, 0.2) is 0 Å². The Morgan fingerprint density at radius 1 is 0.767 bits per heavy atom. The molecule has 148 valence electrons. The first-order valence-electron chi connectivity index (χ1n) is 9.54. The van der Waals surface area contributed by atoms with Gasteiger partial charge in [-0.2, -0.15) is 0 Å². The van der Waals surface area contributed by atoms with Crippen LogP contribution in [-0.2, 0) is 14.8 Å². The molecule has 0 aliphatic carbocycles. The van der Waals surface area contributed by atoms with Crippen molar-refractivity contribution in [2.45, 2.75) is 4.90 Å². The van der Waals surface area contributed by atoms with Crippen molar-refractivity contribution in [2.24, 2.45) is 0 Å². The van der Waals surface area contributed by atoms with E-state index < -0.39 is 15.9 Å². The van der Waals surface area contributed by atoms with Gasteiger partial charge in [0.05, 0.1) is 10.6 Å². The van der Waals surface area contributed by atoms with E-state index in [-0.39, 0.29) is 11.4 Å². The predicted octanol–water partition coefficient (Wildman–Crippen LogP) is 4.65. The summed E-state index contributed by atoms with van der Waals surface area (Å²) in [6, 6.07) is 28.0. The van der Waals surface area contributed by atoms with E-state index in [2.05, 4.69) is 5.32 Å². The number of sulfonamides is 1. The summed E-state index contributed by atoms with van der Waals surface area (Å²) in [7, 11) is -3.76. The number of nitrogens with one attached hydrogen (secondary N) is 1. The highest BCUT2D eigenvalue weighted by Crippen LogP contribution is 2.41. The van der Waals surface area contributed by atoms with E-state index in [1.54, 1.807) is 24.3 Å². The standard InChI is InChI=1S/C24H18N2O3S/c27-23(25-20-14-12-18(13-15-20)17-6-2-1-3-7-17)16-26-21-10-4-8-19-9-5-11-22(24(19)21)30(26,28)29/h1-15H,16H2,(H,25,27). The number of carbonyl (C=O) groups is 1. The summed E-state index contributed by atoms with van der Waals surface area (Å²) in [4.78, 5) is 12.9. The lowest BCUT2D eigenvalue weighted by Crippen LogP contribution is -2.35. The Balaban J connectivity index is 1.37. The third-order valence-corrected chi connectivity index (χ3v) is 7.05. The average Bonchev–Trinajstić information content (AvgIpc) is 2.98. The van der Waals surface area contributed by atoms with E-state index in [4.69, 9.17) is 0 Å². The SMILES string of the molecule is O=C(CN1c2cccc3cccc(c23)S1(=O)=O)Nc1ccc(-c2ccccc2)cc1. The van der Waals surface area contributed by atoms with Crippen LogP contribution in [-0.4, -0.2) is 20.9 Å². The molecule has 6 heteroatoms. The van der Waals surface area contributed by atoms with Crippen LogP contribution in [0.2, 0.25) is 0 Å². The van der Waals surface area contributed by atoms with Gasteiger partial charge in [-0.3, -0.25) is 9.10 Å². The van der Waals surface area contributed by atoms with Crippen LogP contribution in [0.1, 0.15) is 0 Å². The normalized spacial score (nSPS) is 14.1. The van der Waals surface area contributed by atoms with E-state index >= 15 is 0 Å². The third-order valence-electron chi connectivity index (χ3n) is 5.24. The second-order valence-corrected chi connectivity index (χ2v) is 8.97. The van der Waals surface area contributed by atoms with Gasteiger partial charge in [-0.05, 0) is 40.8 Å². The molecule has 0 spiro atoms. The maximum atomic E-state index is 13.0. The van der Waals surface area contributed by atoms with Gasteiger partial charge in [0, 0.05) is 11.1 Å². The number of amides is 1. The summed E-state index contributed by atoms with van der Waals surface area (Å²) >= 11 is 0. The summed E-state index contributed by atoms with van der Waals surface area (Å²) in [5.41, 5.74) is 3.28. The number of rotatable bonds is 4. The van der Waals surface area contributed by atoms with Crippen LogP contribution >= 0.6 is 0 Å². The van der Waals surface area contributed by atoms with Crippen molar-refractivity contribution in [3.63, 3.8) is 0 Å². The van der Waals surface area contributed by atoms with Gasteiger partial charge >= 0.3 is 0 Å². The highest BCUT2D eigenvalue weighted by Gasteiger charge is 2.36. The minimum atomic E-state index is -3.76. The molecule has 4 aromatic rings. The molecule has 4 aromatic carbocycles. The number of hydrogen-bond acceptors (Lipinski definition) is 3. The molecular formula is C24H18N2O3S. The molecule has 1 amide bonds. The van der Waals surface area contributed by atoms with Crippen LogP contribution in [0.4, 0.5) is 11.4 Å². The summed E-state index contributed by atoms with van der Waals surface area (Å²) in [5, 5.41) is 4.31. The Labute approximate surface area is 174 Å². The summed E-state index contributed by atoms with van der Waals surface area (Å²) in [6.45, 7) is -0.281. The van der Waals surface area contributed by atoms with E-state index in [1.165, 1.54) is 4.31 Å². The lowest BCUT2D eigenvalue weighted by Gasteiger charge is -2.18. The van der Waals surface area contributed by atoms with Crippen molar-refractivity contribution < 1.29 is 13.2 Å². The fourth-order valence-electron chi connectivity index (χ4n) is 3.84. The molecule has 0 saturated carbocycles. The van der Waals surface area contributed by atoms with Crippen molar-refractivity contribution >= 4 is 38.1 Å². The van der Waals surface area contributed by atoms with Crippen LogP contribution < -0.4 is 9.62 Å². The molecule has 1 aliphatic rings. The minimum Gasteiger partial charge on any atom is -0.325 e. The molecule has 0 unspecified atom stereocenters. The van der Waals surface area contributed by atoms with Gasteiger partial charge in [0.2, 0.25) is 5.91 Å². The smallest absolute Gasteiger partial charge is 0.265 e. The molecule has 30 heavy (non-hydrogen) atoms. The van der Waals surface area contributed by atoms with Gasteiger partial charge in [-0.25, -0.2) is 8.42 Å². The van der Waals surface area contributed by atoms with Crippen molar-refractivity contribution in [3.05, 3.63) is 91.0 Å².